The normalized spacial score (nSPS) is 26.3. The van der Waals surface area contributed by atoms with E-state index in [-0.39, 0.29) is 0 Å². The molecule has 2 heterocycles. The number of nitrogens with two attached hydrogens (primary N) is 1. The van der Waals surface area contributed by atoms with Gasteiger partial charge in [0.25, 0.3) is 0 Å². The van der Waals surface area contributed by atoms with Crippen LogP contribution in [0.3, 0.4) is 0 Å². The number of nitrogens with zero attached hydrogens (tertiary/aromatic N) is 3. The molecule has 2 aliphatic carbocycles. The summed E-state index contributed by atoms with van der Waals surface area (Å²) in [6, 6.07) is 2.99. The van der Waals surface area contributed by atoms with Crippen LogP contribution in [-0.4, -0.2) is 26.7 Å². The van der Waals surface area contributed by atoms with Gasteiger partial charge in [0.15, 0.2) is 5.65 Å². The Balaban J connectivity index is 1.66. The fraction of sp³-hybridized carbons (Fsp3) is 0.684. The van der Waals surface area contributed by atoms with Crippen molar-refractivity contribution in [3.05, 3.63) is 23.5 Å². The number of aryl methyl sites for hydroxylation is 1. The van der Waals surface area contributed by atoms with E-state index in [4.69, 9.17) is 10.7 Å². The van der Waals surface area contributed by atoms with E-state index in [1.165, 1.54) is 31.4 Å². The molecule has 2 aromatic heterocycles. The number of fused-ring (bicyclic) bond motifs is 1. The maximum atomic E-state index is 6.08. The standard InChI is InChI=1S/C19H29N5/c1-13-12-21-24-17(22-15-6-5-14(20)9-15)10-16(23-18(13)24)11-19(2)7-3-4-8-19/h10,12,14-15,22H,3-9,11,20H2,1-2H3/t14-,15-/m0/s1. The molecule has 0 amide bonds. The van der Waals surface area contributed by atoms with Crippen LogP contribution in [0.4, 0.5) is 5.82 Å². The first-order valence-corrected chi connectivity index (χ1v) is 9.39. The van der Waals surface area contributed by atoms with Gasteiger partial charge in [-0.05, 0) is 50.9 Å². The minimum Gasteiger partial charge on any atom is -0.367 e. The molecule has 4 rings (SSSR count). The van der Waals surface area contributed by atoms with Crippen LogP contribution in [0.1, 0.15) is 63.1 Å². The van der Waals surface area contributed by atoms with Crippen LogP contribution in [0.15, 0.2) is 12.3 Å². The van der Waals surface area contributed by atoms with Crippen molar-refractivity contribution in [1.29, 1.82) is 0 Å². The van der Waals surface area contributed by atoms with Crippen molar-refractivity contribution in [2.75, 3.05) is 5.32 Å². The van der Waals surface area contributed by atoms with Gasteiger partial charge >= 0.3 is 0 Å². The lowest BCUT2D eigenvalue weighted by molar-refractivity contribution is 0.331. The Labute approximate surface area is 144 Å². The molecule has 2 fully saturated rings. The van der Waals surface area contributed by atoms with Gasteiger partial charge in [-0.3, -0.25) is 0 Å². The first-order chi connectivity index (χ1) is 11.5. The Morgan fingerprint density at radius 1 is 1.33 bits per heavy atom. The first kappa shape index (κ1) is 15.9. The van der Waals surface area contributed by atoms with Gasteiger partial charge in [0, 0.05) is 29.4 Å². The third-order valence-corrected chi connectivity index (χ3v) is 5.94. The lowest BCUT2D eigenvalue weighted by Crippen LogP contribution is -2.23. The zero-order valence-electron chi connectivity index (χ0n) is 14.9. The monoisotopic (exact) mass is 327 g/mol. The number of hydrogen-bond acceptors (Lipinski definition) is 4. The summed E-state index contributed by atoms with van der Waals surface area (Å²) in [5.74, 6) is 1.07. The number of hydrogen-bond donors (Lipinski definition) is 2. The van der Waals surface area contributed by atoms with Crippen molar-refractivity contribution >= 4 is 11.5 Å². The molecule has 0 spiro atoms. The molecule has 0 unspecified atom stereocenters. The molecule has 2 atom stereocenters. The highest BCUT2D eigenvalue weighted by Gasteiger charge is 2.30. The van der Waals surface area contributed by atoms with Crippen LogP contribution in [0.5, 0.6) is 0 Å². The van der Waals surface area contributed by atoms with E-state index in [2.05, 4.69) is 30.3 Å². The van der Waals surface area contributed by atoms with Crippen molar-refractivity contribution in [3.63, 3.8) is 0 Å². The van der Waals surface area contributed by atoms with Crippen LogP contribution in [0, 0.1) is 12.3 Å². The van der Waals surface area contributed by atoms with Crippen molar-refractivity contribution in [2.45, 2.75) is 77.3 Å². The molecular weight excluding hydrogens is 298 g/mol. The quantitative estimate of drug-likeness (QED) is 0.902. The molecule has 0 aliphatic heterocycles. The van der Waals surface area contributed by atoms with Gasteiger partial charge < -0.3 is 11.1 Å². The van der Waals surface area contributed by atoms with E-state index < -0.39 is 0 Å². The lowest BCUT2D eigenvalue weighted by Gasteiger charge is -2.23. The Bertz CT molecular complexity index is 729. The summed E-state index contributed by atoms with van der Waals surface area (Å²) in [4.78, 5) is 4.93. The molecule has 0 radical (unpaired) electrons. The smallest absolute Gasteiger partial charge is 0.160 e. The summed E-state index contributed by atoms with van der Waals surface area (Å²) in [7, 11) is 0. The average Bonchev–Trinajstić information content (AvgIpc) is 3.22. The van der Waals surface area contributed by atoms with Crippen molar-refractivity contribution < 1.29 is 0 Å². The van der Waals surface area contributed by atoms with E-state index in [1.807, 2.05) is 10.7 Å². The van der Waals surface area contributed by atoms with Crippen molar-refractivity contribution in [2.24, 2.45) is 11.1 Å². The molecule has 5 nitrogen and oxygen atoms in total. The Morgan fingerprint density at radius 2 is 2.12 bits per heavy atom. The molecule has 130 valence electrons. The second kappa shape index (κ2) is 6.03. The fourth-order valence-corrected chi connectivity index (χ4v) is 4.52. The summed E-state index contributed by atoms with van der Waals surface area (Å²) in [5.41, 5.74) is 9.80. The third kappa shape index (κ3) is 3.02. The van der Waals surface area contributed by atoms with Crippen molar-refractivity contribution in [1.82, 2.24) is 14.6 Å². The summed E-state index contributed by atoms with van der Waals surface area (Å²) < 4.78 is 1.96. The van der Waals surface area contributed by atoms with E-state index in [9.17, 15) is 0 Å². The Kier molecular flexibility index (Phi) is 3.99. The molecule has 2 aromatic rings. The Hall–Kier alpha value is -1.62. The van der Waals surface area contributed by atoms with E-state index in [1.54, 1.807) is 0 Å². The molecule has 0 saturated heterocycles. The predicted octanol–water partition coefficient (Wildman–Crippen LogP) is 3.45. The van der Waals surface area contributed by atoms with Crippen LogP contribution < -0.4 is 11.1 Å². The molecule has 3 N–H and O–H groups in total. The van der Waals surface area contributed by atoms with E-state index in [0.29, 0.717) is 17.5 Å². The van der Waals surface area contributed by atoms with Crippen LogP contribution in [0.25, 0.3) is 5.65 Å². The molecule has 0 aromatic carbocycles. The number of rotatable bonds is 4. The SMILES string of the molecule is Cc1cnn2c(N[C@H]3CC[C@H](N)C3)cc(CC3(C)CCCC3)nc12. The van der Waals surface area contributed by atoms with Crippen molar-refractivity contribution in [3.8, 4) is 0 Å². The molecule has 5 heteroatoms. The minimum absolute atomic E-state index is 0.330. The maximum Gasteiger partial charge on any atom is 0.160 e. The van der Waals surface area contributed by atoms with Gasteiger partial charge in [0.05, 0.1) is 6.20 Å². The van der Waals surface area contributed by atoms with Crippen LogP contribution in [0.2, 0.25) is 0 Å². The third-order valence-electron chi connectivity index (χ3n) is 5.94. The summed E-state index contributed by atoms with van der Waals surface area (Å²) in [6.45, 7) is 4.50. The van der Waals surface area contributed by atoms with Gasteiger partial charge in [-0.15, -0.1) is 0 Å². The van der Waals surface area contributed by atoms with Crippen LogP contribution >= 0.6 is 0 Å². The Morgan fingerprint density at radius 3 is 2.83 bits per heavy atom. The summed E-state index contributed by atoms with van der Waals surface area (Å²) in [6.07, 6.45) is 11.6. The topological polar surface area (TPSA) is 68.2 Å². The first-order valence-electron chi connectivity index (χ1n) is 9.39. The minimum atomic E-state index is 0.330. The molecular formula is C19H29N5. The highest BCUT2D eigenvalue weighted by molar-refractivity contribution is 5.54. The second-order valence-electron chi connectivity index (χ2n) is 8.30. The summed E-state index contributed by atoms with van der Waals surface area (Å²) in [5, 5.41) is 8.22. The largest absolute Gasteiger partial charge is 0.367 e. The van der Waals surface area contributed by atoms with Gasteiger partial charge in [0.1, 0.15) is 5.82 Å². The van der Waals surface area contributed by atoms with Crippen LogP contribution in [-0.2, 0) is 6.42 Å². The highest BCUT2D eigenvalue weighted by Crippen LogP contribution is 2.40. The zero-order valence-corrected chi connectivity index (χ0v) is 14.9. The maximum absolute atomic E-state index is 6.08. The molecule has 2 saturated carbocycles. The number of aromatic nitrogens is 3. The fourth-order valence-electron chi connectivity index (χ4n) is 4.52. The molecule has 2 aliphatic rings. The number of anilines is 1. The van der Waals surface area contributed by atoms with E-state index in [0.717, 1.165) is 42.7 Å². The molecule has 0 bridgehead atoms. The lowest BCUT2D eigenvalue weighted by atomic mass is 9.84. The predicted molar refractivity (Wildman–Crippen MR) is 97.2 cm³/mol. The number of nitrogens with one attached hydrogen (secondary N) is 1. The van der Waals surface area contributed by atoms with E-state index >= 15 is 0 Å². The summed E-state index contributed by atoms with van der Waals surface area (Å²) >= 11 is 0. The second-order valence-corrected chi connectivity index (χ2v) is 8.30. The van der Waals surface area contributed by atoms with Gasteiger partial charge in [0.2, 0.25) is 0 Å². The average molecular weight is 327 g/mol. The zero-order chi connectivity index (χ0) is 16.7. The van der Waals surface area contributed by atoms with Gasteiger partial charge in [-0.2, -0.15) is 9.61 Å². The van der Waals surface area contributed by atoms with Gasteiger partial charge in [-0.1, -0.05) is 19.8 Å². The highest BCUT2D eigenvalue weighted by atomic mass is 15.3. The van der Waals surface area contributed by atoms with Gasteiger partial charge in [-0.25, -0.2) is 4.98 Å². The molecule has 24 heavy (non-hydrogen) atoms.